The third-order valence-electron chi connectivity index (χ3n) is 4.02. The van der Waals surface area contributed by atoms with E-state index in [1.54, 1.807) is 11.8 Å². The molecular formula is C19H15NOS. The van der Waals surface area contributed by atoms with Crippen LogP contribution in [0.2, 0.25) is 0 Å². The largest absolute Gasteiger partial charge is 0.347 e. The molecule has 1 aromatic heterocycles. The monoisotopic (exact) mass is 305 g/mol. The second kappa shape index (κ2) is 5.18. The zero-order valence-electron chi connectivity index (χ0n) is 12.2. The van der Waals surface area contributed by atoms with Crippen molar-refractivity contribution >= 4 is 34.5 Å². The quantitative estimate of drug-likeness (QED) is 0.622. The van der Waals surface area contributed by atoms with Crippen molar-refractivity contribution in [3.8, 4) is 0 Å². The summed E-state index contributed by atoms with van der Waals surface area (Å²) in [6.07, 6.45) is 4.16. The van der Waals surface area contributed by atoms with E-state index < -0.39 is 0 Å². The molecule has 0 saturated carbocycles. The minimum atomic E-state index is 0.133. The molecular weight excluding hydrogens is 290 g/mol. The Morgan fingerprint density at radius 3 is 2.68 bits per heavy atom. The maximum Gasteiger partial charge on any atom is 0.200 e. The van der Waals surface area contributed by atoms with Gasteiger partial charge in [0.15, 0.2) is 0 Å². The van der Waals surface area contributed by atoms with Crippen molar-refractivity contribution in [3.05, 3.63) is 70.8 Å². The van der Waals surface area contributed by atoms with Crippen molar-refractivity contribution in [2.75, 3.05) is 0 Å². The molecule has 0 unspecified atom stereocenters. The van der Waals surface area contributed by atoms with E-state index in [0.29, 0.717) is 0 Å². The molecule has 0 fully saturated rings. The number of carbonyl (C=O) groups excluding carboxylic acids is 1. The molecule has 1 aliphatic heterocycles. The van der Waals surface area contributed by atoms with E-state index in [2.05, 4.69) is 35.9 Å². The van der Waals surface area contributed by atoms with Crippen molar-refractivity contribution in [2.24, 2.45) is 0 Å². The van der Waals surface area contributed by atoms with Gasteiger partial charge in [-0.2, -0.15) is 0 Å². The third kappa shape index (κ3) is 2.01. The maximum atomic E-state index is 12.5. The van der Waals surface area contributed by atoms with Crippen molar-refractivity contribution in [1.29, 1.82) is 0 Å². The maximum absolute atomic E-state index is 12.5. The van der Waals surface area contributed by atoms with Crippen LogP contribution < -0.4 is 0 Å². The van der Waals surface area contributed by atoms with Gasteiger partial charge in [0, 0.05) is 39.7 Å². The van der Waals surface area contributed by atoms with Gasteiger partial charge in [-0.25, -0.2) is 0 Å². The number of carbonyl (C=O) groups is 1. The Bertz CT molecular complexity index is 920. The SMILES string of the molecule is CCn1cc(/C=C2/Sc3ccccc3C2=O)c2ccccc21. The highest BCUT2D eigenvalue weighted by molar-refractivity contribution is 8.04. The first-order chi connectivity index (χ1) is 10.8. The van der Waals surface area contributed by atoms with E-state index in [1.807, 2.05) is 36.4 Å². The van der Waals surface area contributed by atoms with Gasteiger partial charge in [-0.15, -0.1) is 0 Å². The molecule has 0 aliphatic carbocycles. The number of nitrogens with zero attached hydrogens (tertiary/aromatic N) is 1. The fraction of sp³-hybridized carbons (Fsp3) is 0.105. The number of benzene rings is 2. The summed E-state index contributed by atoms with van der Waals surface area (Å²) in [6, 6.07) is 16.1. The number of Topliss-reactive ketones (excluding diaryl/α,β-unsaturated/α-hetero) is 1. The van der Waals surface area contributed by atoms with E-state index in [1.165, 1.54) is 10.9 Å². The summed E-state index contributed by atoms with van der Waals surface area (Å²) in [7, 11) is 0. The van der Waals surface area contributed by atoms with E-state index in [9.17, 15) is 4.79 Å². The second-order valence-corrected chi connectivity index (χ2v) is 6.41. The predicted molar refractivity (Wildman–Crippen MR) is 92.2 cm³/mol. The van der Waals surface area contributed by atoms with Crippen LogP contribution in [0.4, 0.5) is 0 Å². The van der Waals surface area contributed by atoms with Crippen molar-refractivity contribution in [3.63, 3.8) is 0 Å². The van der Waals surface area contributed by atoms with Gasteiger partial charge in [-0.1, -0.05) is 42.1 Å². The van der Waals surface area contributed by atoms with Crippen LogP contribution >= 0.6 is 11.8 Å². The molecule has 3 aromatic rings. The van der Waals surface area contributed by atoms with Gasteiger partial charge in [-0.05, 0) is 31.2 Å². The van der Waals surface area contributed by atoms with Gasteiger partial charge >= 0.3 is 0 Å². The van der Waals surface area contributed by atoms with Crippen LogP contribution in [0.5, 0.6) is 0 Å². The van der Waals surface area contributed by atoms with E-state index >= 15 is 0 Å². The normalized spacial score (nSPS) is 15.7. The highest BCUT2D eigenvalue weighted by Gasteiger charge is 2.25. The minimum Gasteiger partial charge on any atom is -0.347 e. The van der Waals surface area contributed by atoms with Crippen molar-refractivity contribution < 1.29 is 4.79 Å². The number of para-hydroxylation sites is 1. The standard InChI is InChI=1S/C19H15NOS/c1-2-20-12-13(14-7-3-5-9-16(14)20)11-18-19(21)15-8-4-6-10-17(15)22-18/h3-12H,2H2,1H3/b18-11+. The van der Waals surface area contributed by atoms with Crippen LogP contribution in [-0.4, -0.2) is 10.4 Å². The molecule has 0 saturated heterocycles. The first-order valence-corrected chi connectivity index (χ1v) is 8.20. The number of thioether (sulfide) groups is 1. The first kappa shape index (κ1) is 13.4. The number of aromatic nitrogens is 1. The summed E-state index contributed by atoms with van der Waals surface area (Å²) in [5, 5.41) is 1.20. The topological polar surface area (TPSA) is 22.0 Å². The predicted octanol–water partition coefficient (Wildman–Crippen LogP) is 4.99. The third-order valence-corrected chi connectivity index (χ3v) is 5.12. The average Bonchev–Trinajstić information content (AvgIpc) is 3.07. The average molecular weight is 305 g/mol. The Hall–Kier alpha value is -2.26. The van der Waals surface area contributed by atoms with Crippen LogP contribution in [0, 0.1) is 0 Å². The number of allylic oxidation sites excluding steroid dienone is 1. The van der Waals surface area contributed by atoms with E-state index in [-0.39, 0.29) is 5.78 Å². The molecule has 0 atom stereocenters. The molecule has 0 spiro atoms. The lowest BCUT2D eigenvalue weighted by molar-refractivity contribution is 0.104. The molecule has 2 nitrogen and oxygen atoms in total. The number of fused-ring (bicyclic) bond motifs is 2. The highest BCUT2D eigenvalue weighted by atomic mass is 32.2. The van der Waals surface area contributed by atoms with Gasteiger partial charge in [-0.3, -0.25) is 4.79 Å². The van der Waals surface area contributed by atoms with E-state index in [0.717, 1.165) is 27.5 Å². The van der Waals surface area contributed by atoms with Gasteiger partial charge < -0.3 is 4.57 Å². The van der Waals surface area contributed by atoms with Gasteiger partial charge in [0.25, 0.3) is 0 Å². The second-order valence-electron chi connectivity index (χ2n) is 5.32. The number of rotatable bonds is 2. The van der Waals surface area contributed by atoms with E-state index in [4.69, 9.17) is 0 Å². The summed E-state index contributed by atoms with van der Waals surface area (Å²) >= 11 is 1.57. The Morgan fingerprint density at radius 2 is 1.86 bits per heavy atom. The first-order valence-electron chi connectivity index (χ1n) is 7.39. The fourth-order valence-corrected chi connectivity index (χ4v) is 3.97. The smallest absolute Gasteiger partial charge is 0.200 e. The van der Waals surface area contributed by atoms with Crippen LogP contribution in [0.15, 0.2) is 64.5 Å². The Kier molecular flexibility index (Phi) is 3.16. The highest BCUT2D eigenvalue weighted by Crippen LogP contribution is 2.41. The summed E-state index contributed by atoms with van der Waals surface area (Å²) in [5.41, 5.74) is 3.14. The number of ketones is 1. The molecule has 0 N–H and O–H groups in total. The van der Waals surface area contributed by atoms with Crippen molar-refractivity contribution in [2.45, 2.75) is 18.4 Å². The molecule has 0 amide bonds. The van der Waals surface area contributed by atoms with Gasteiger partial charge in [0.1, 0.15) is 0 Å². The van der Waals surface area contributed by atoms with Crippen LogP contribution in [0.3, 0.4) is 0 Å². The summed E-state index contributed by atoms with van der Waals surface area (Å²) in [5.74, 6) is 0.133. The van der Waals surface area contributed by atoms with Crippen LogP contribution in [0.25, 0.3) is 17.0 Å². The fourth-order valence-electron chi connectivity index (χ4n) is 2.93. The summed E-state index contributed by atoms with van der Waals surface area (Å²) in [4.78, 5) is 14.4. The van der Waals surface area contributed by atoms with Crippen LogP contribution in [0.1, 0.15) is 22.8 Å². The zero-order valence-corrected chi connectivity index (χ0v) is 13.1. The Balaban J connectivity index is 1.84. The van der Waals surface area contributed by atoms with Crippen LogP contribution in [-0.2, 0) is 6.54 Å². The zero-order chi connectivity index (χ0) is 15.1. The molecule has 0 bridgehead atoms. The van der Waals surface area contributed by atoms with Gasteiger partial charge in [0.2, 0.25) is 5.78 Å². The molecule has 2 aromatic carbocycles. The number of aryl methyl sites for hydroxylation is 1. The molecule has 1 aliphatic rings. The molecule has 108 valence electrons. The molecule has 0 radical (unpaired) electrons. The van der Waals surface area contributed by atoms with Gasteiger partial charge in [0.05, 0.1) is 4.91 Å². The lowest BCUT2D eigenvalue weighted by Crippen LogP contribution is -1.93. The Labute approximate surface area is 133 Å². The molecule has 22 heavy (non-hydrogen) atoms. The molecule has 4 rings (SSSR count). The lowest BCUT2D eigenvalue weighted by atomic mass is 10.1. The minimum absolute atomic E-state index is 0.133. The molecule has 3 heteroatoms. The van der Waals surface area contributed by atoms with Crippen molar-refractivity contribution in [1.82, 2.24) is 4.57 Å². The number of hydrogen-bond donors (Lipinski definition) is 0. The lowest BCUT2D eigenvalue weighted by Gasteiger charge is -1.98. The Morgan fingerprint density at radius 1 is 1.09 bits per heavy atom. The molecule has 2 heterocycles. The summed E-state index contributed by atoms with van der Waals surface area (Å²) < 4.78 is 2.22. The number of hydrogen-bond acceptors (Lipinski definition) is 2. The summed E-state index contributed by atoms with van der Waals surface area (Å²) in [6.45, 7) is 3.06.